The van der Waals surface area contributed by atoms with E-state index in [0.717, 1.165) is 10.5 Å². The van der Waals surface area contributed by atoms with E-state index in [4.69, 9.17) is 4.74 Å². The second-order valence-corrected chi connectivity index (χ2v) is 5.61. The van der Waals surface area contributed by atoms with Crippen LogP contribution < -0.4 is 5.32 Å². The molecule has 8 heteroatoms. The van der Waals surface area contributed by atoms with Crippen LogP contribution in [0, 0.1) is 0 Å². The molecule has 1 aromatic rings. The largest absolute Gasteiger partial charge is 0.465 e. The van der Waals surface area contributed by atoms with Crippen LogP contribution in [0.2, 0.25) is 0 Å². The van der Waals surface area contributed by atoms with Gasteiger partial charge in [-0.1, -0.05) is 30.3 Å². The minimum Gasteiger partial charge on any atom is -0.465 e. The van der Waals surface area contributed by atoms with E-state index in [1.54, 1.807) is 6.92 Å². The molecule has 0 saturated carbocycles. The number of nitrogens with zero attached hydrogens (tertiary/aromatic N) is 2. The molecule has 2 N–H and O–H groups in total. The lowest BCUT2D eigenvalue weighted by Gasteiger charge is -2.42. The summed E-state index contributed by atoms with van der Waals surface area (Å²) >= 11 is 0. The predicted octanol–water partition coefficient (Wildman–Crippen LogP) is 1.12. The normalized spacial score (nSPS) is 20.4. The van der Waals surface area contributed by atoms with Gasteiger partial charge in [0.25, 0.3) is 0 Å². The number of piperazine rings is 1. The van der Waals surface area contributed by atoms with E-state index >= 15 is 0 Å². The van der Waals surface area contributed by atoms with E-state index in [0.29, 0.717) is 0 Å². The van der Waals surface area contributed by atoms with E-state index < -0.39 is 30.2 Å². The molecular formula is C16H21N3O5. The predicted molar refractivity (Wildman–Crippen MR) is 85.4 cm³/mol. The fourth-order valence-corrected chi connectivity index (χ4v) is 2.64. The van der Waals surface area contributed by atoms with Crippen molar-refractivity contribution in [3.63, 3.8) is 0 Å². The van der Waals surface area contributed by atoms with Gasteiger partial charge >= 0.3 is 12.2 Å². The van der Waals surface area contributed by atoms with Gasteiger partial charge in [-0.05, 0) is 12.5 Å². The van der Waals surface area contributed by atoms with Crippen molar-refractivity contribution in [2.75, 3.05) is 20.1 Å². The maximum absolute atomic E-state index is 12.4. The highest BCUT2D eigenvalue weighted by Gasteiger charge is 2.40. The maximum atomic E-state index is 12.4. The van der Waals surface area contributed by atoms with Gasteiger partial charge in [0.2, 0.25) is 5.91 Å². The van der Waals surface area contributed by atoms with Gasteiger partial charge in [0.15, 0.2) is 0 Å². The Hall–Kier alpha value is -2.77. The highest BCUT2D eigenvalue weighted by Crippen LogP contribution is 2.17. The number of hydrogen-bond donors (Lipinski definition) is 2. The zero-order valence-electron chi connectivity index (χ0n) is 13.6. The first-order chi connectivity index (χ1) is 11.4. The van der Waals surface area contributed by atoms with Crippen LogP contribution in [0.1, 0.15) is 12.5 Å². The first-order valence-electron chi connectivity index (χ1n) is 7.62. The lowest BCUT2D eigenvalue weighted by Crippen LogP contribution is -2.64. The molecule has 1 fully saturated rings. The number of ether oxygens (including phenoxy) is 1. The smallest absolute Gasteiger partial charge is 0.410 e. The van der Waals surface area contributed by atoms with Crippen molar-refractivity contribution < 1.29 is 24.2 Å². The molecule has 0 aliphatic carbocycles. The Bertz CT molecular complexity index is 607. The SMILES string of the molecule is CNC(=O)[C@H]1CN(C(=O)O)[C@H](C)CN1C(=O)OCc1ccccc1. The topological polar surface area (TPSA) is 99.2 Å². The highest BCUT2D eigenvalue weighted by molar-refractivity contribution is 5.86. The Labute approximate surface area is 140 Å². The van der Waals surface area contributed by atoms with Crippen molar-refractivity contribution in [2.45, 2.75) is 25.6 Å². The maximum Gasteiger partial charge on any atom is 0.410 e. The molecular weight excluding hydrogens is 314 g/mol. The van der Waals surface area contributed by atoms with E-state index in [1.807, 2.05) is 30.3 Å². The average Bonchev–Trinajstić information content (AvgIpc) is 2.59. The molecule has 1 aliphatic heterocycles. The third kappa shape index (κ3) is 3.95. The molecule has 8 nitrogen and oxygen atoms in total. The van der Waals surface area contributed by atoms with Crippen LogP contribution in [0.4, 0.5) is 9.59 Å². The van der Waals surface area contributed by atoms with Crippen molar-refractivity contribution >= 4 is 18.1 Å². The number of amides is 3. The number of hydrogen-bond acceptors (Lipinski definition) is 4. The fourth-order valence-electron chi connectivity index (χ4n) is 2.64. The van der Waals surface area contributed by atoms with E-state index in [-0.39, 0.29) is 19.7 Å². The van der Waals surface area contributed by atoms with Crippen molar-refractivity contribution in [2.24, 2.45) is 0 Å². The van der Waals surface area contributed by atoms with Crippen molar-refractivity contribution in [3.8, 4) is 0 Å². The van der Waals surface area contributed by atoms with Gasteiger partial charge in [0.05, 0.1) is 12.6 Å². The first-order valence-corrected chi connectivity index (χ1v) is 7.62. The second-order valence-electron chi connectivity index (χ2n) is 5.61. The number of carboxylic acid groups (broad SMARTS) is 1. The summed E-state index contributed by atoms with van der Waals surface area (Å²) in [6, 6.07) is 7.86. The summed E-state index contributed by atoms with van der Waals surface area (Å²) in [6.07, 6.45) is -1.75. The molecule has 2 rings (SSSR count). The van der Waals surface area contributed by atoms with Gasteiger partial charge in [-0.2, -0.15) is 0 Å². The van der Waals surface area contributed by atoms with Crippen LogP contribution in [-0.2, 0) is 16.1 Å². The number of rotatable bonds is 3. The Morgan fingerprint density at radius 2 is 1.88 bits per heavy atom. The summed E-state index contributed by atoms with van der Waals surface area (Å²) in [6.45, 7) is 1.79. The van der Waals surface area contributed by atoms with E-state index in [1.165, 1.54) is 11.9 Å². The van der Waals surface area contributed by atoms with Crippen molar-refractivity contribution in [3.05, 3.63) is 35.9 Å². The lowest BCUT2D eigenvalue weighted by atomic mass is 10.1. The average molecular weight is 335 g/mol. The van der Waals surface area contributed by atoms with Gasteiger partial charge < -0.3 is 20.1 Å². The zero-order chi connectivity index (χ0) is 17.7. The Morgan fingerprint density at radius 1 is 1.21 bits per heavy atom. The molecule has 0 aromatic heterocycles. The quantitative estimate of drug-likeness (QED) is 0.862. The summed E-state index contributed by atoms with van der Waals surface area (Å²) in [5.74, 6) is -0.426. The van der Waals surface area contributed by atoms with Crippen LogP contribution in [0.5, 0.6) is 0 Å². The minimum absolute atomic E-state index is 0.0867. The molecule has 0 unspecified atom stereocenters. The third-order valence-electron chi connectivity index (χ3n) is 3.97. The summed E-state index contributed by atoms with van der Waals surface area (Å²) in [5, 5.41) is 11.7. The molecule has 2 atom stereocenters. The molecule has 1 aromatic carbocycles. The number of carbonyl (C=O) groups is 3. The molecule has 0 spiro atoms. The van der Waals surface area contributed by atoms with Gasteiger partial charge in [-0.3, -0.25) is 9.69 Å². The minimum atomic E-state index is -1.12. The lowest BCUT2D eigenvalue weighted by molar-refractivity contribution is -0.128. The van der Waals surface area contributed by atoms with Crippen LogP contribution in [0.15, 0.2) is 30.3 Å². The summed E-state index contributed by atoms with van der Waals surface area (Å²) in [4.78, 5) is 38.1. The zero-order valence-corrected chi connectivity index (χ0v) is 13.6. The van der Waals surface area contributed by atoms with Gasteiger partial charge in [-0.15, -0.1) is 0 Å². The van der Waals surface area contributed by atoms with Gasteiger partial charge in [0.1, 0.15) is 12.6 Å². The van der Waals surface area contributed by atoms with Crippen LogP contribution in [0.3, 0.4) is 0 Å². The van der Waals surface area contributed by atoms with Gasteiger partial charge in [0, 0.05) is 13.6 Å². The fraction of sp³-hybridized carbons (Fsp3) is 0.438. The standard InChI is InChI=1S/C16H21N3O5/c1-11-8-19(13(14(20)17-2)9-18(11)15(21)22)16(23)24-10-12-6-4-3-5-7-12/h3-7,11,13H,8-10H2,1-2H3,(H,17,20)(H,21,22)/t11-,13-/m1/s1. The van der Waals surface area contributed by atoms with Crippen LogP contribution >= 0.6 is 0 Å². The molecule has 1 saturated heterocycles. The molecule has 3 amide bonds. The number of benzene rings is 1. The second kappa shape index (κ2) is 7.67. The molecule has 0 radical (unpaired) electrons. The summed E-state index contributed by atoms with van der Waals surface area (Å²) in [7, 11) is 1.44. The van der Waals surface area contributed by atoms with Crippen LogP contribution in [0.25, 0.3) is 0 Å². The first kappa shape index (κ1) is 17.6. The van der Waals surface area contributed by atoms with Crippen LogP contribution in [-0.4, -0.2) is 65.2 Å². The monoisotopic (exact) mass is 335 g/mol. The molecule has 1 heterocycles. The summed E-state index contributed by atoms with van der Waals surface area (Å²) in [5.41, 5.74) is 0.833. The Balaban J connectivity index is 2.08. The molecule has 24 heavy (non-hydrogen) atoms. The Morgan fingerprint density at radius 3 is 2.46 bits per heavy atom. The van der Waals surface area contributed by atoms with Crippen molar-refractivity contribution in [1.82, 2.24) is 15.1 Å². The Kier molecular flexibility index (Phi) is 5.62. The van der Waals surface area contributed by atoms with Crippen molar-refractivity contribution in [1.29, 1.82) is 0 Å². The highest BCUT2D eigenvalue weighted by atomic mass is 16.6. The number of carbonyl (C=O) groups excluding carboxylic acids is 2. The molecule has 130 valence electrons. The molecule has 0 bridgehead atoms. The molecule has 1 aliphatic rings. The van der Waals surface area contributed by atoms with E-state index in [9.17, 15) is 19.5 Å². The number of likely N-dealkylation sites (N-methyl/N-ethyl adjacent to an activating group) is 1. The third-order valence-corrected chi connectivity index (χ3v) is 3.97. The van der Waals surface area contributed by atoms with Gasteiger partial charge in [-0.25, -0.2) is 9.59 Å². The summed E-state index contributed by atoms with van der Waals surface area (Å²) < 4.78 is 5.28. The van der Waals surface area contributed by atoms with E-state index in [2.05, 4.69) is 5.32 Å². The number of nitrogens with one attached hydrogen (secondary N) is 1.